The van der Waals surface area contributed by atoms with E-state index in [1.807, 2.05) is 6.92 Å². The van der Waals surface area contributed by atoms with E-state index in [9.17, 15) is 9.59 Å². The van der Waals surface area contributed by atoms with E-state index in [-0.39, 0.29) is 6.03 Å². The number of ether oxygens (including phenoxy) is 3. The van der Waals surface area contributed by atoms with Gasteiger partial charge in [0, 0.05) is 28.9 Å². The molecule has 0 bridgehead atoms. The number of rotatable bonds is 5. The zero-order chi connectivity index (χ0) is 18.7. The second-order valence-corrected chi connectivity index (χ2v) is 5.78. The van der Waals surface area contributed by atoms with E-state index < -0.39 is 12.0 Å². The Balaban J connectivity index is 2.72. The summed E-state index contributed by atoms with van der Waals surface area (Å²) in [4.78, 5) is 26.3. The predicted octanol–water partition coefficient (Wildman–Crippen LogP) is 2.89. The standard InChI is InChI=1S/C17H21ClN2O5/c1-6-20-9(2)13(16(21)25-5)14(19-17(20)22)11-7-10(18)8-12(23-3)15(11)24-4/h7-8,14H,6H2,1-5H3,(H,19,22). The van der Waals surface area contributed by atoms with E-state index in [1.54, 1.807) is 19.1 Å². The first kappa shape index (κ1) is 18.9. The van der Waals surface area contributed by atoms with Gasteiger partial charge in [0.05, 0.1) is 32.9 Å². The van der Waals surface area contributed by atoms with Crippen LogP contribution in [0.25, 0.3) is 0 Å². The van der Waals surface area contributed by atoms with Crippen molar-refractivity contribution in [1.29, 1.82) is 0 Å². The van der Waals surface area contributed by atoms with Crippen molar-refractivity contribution in [1.82, 2.24) is 10.2 Å². The van der Waals surface area contributed by atoms with Crippen molar-refractivity contribution in [2.45, 2.75) is 19.9 Å². The third kappa shape index (κ3) is 3.37. The van der Waals surface area contributed by atoms with Crippen molar-refractivity contribution in [2.24, 2.45) is 0 Å². The molecule has 2 amide bonds. The zero-order valence-electron chi connectivity index (χ0n) is 14.8. The highest BCUT2D eigenvalue weighted by molar-refractivity contribution is 6.30. The fourth-order valence-electron chi connectivity index (χ4n) is 2.94. The van der Waals surface area contributed by atoms with Gasteiger partial charge in [-0.1, -0.05) is 11.6 Å². The summed E-state index contributed by atoms with van der Waals surface area (Å²) >= 11 is 6.18. The van der Waals surface area contributed by atoms with E-state index in [2.05, 4.69) is 5.32 Å². The molecular weight excluding hydrogens is 348 g/mol. The van der Waals surface area contributed by atoms with Gasteiger partial charge in [-0.05, 0) is 19.9 Å². The lowest BCUT2D eigenvalue weighted by molar-refractivity contribution is -0.136. The first-order valence-corrected chi connectivity index (χ1v) is 8.05. The van der Waals surface area contributed by atoms with Crippen LogP contribution in [-0.4, -0.2) is 44.8 Å². The summed E-state index contributed by atoms with van der Waals surface area (Å²) in [5.41, 5.74) is 1.34. The molecule has 7 nitrogen and oxygen atoms in total. The monoisotopic (exact) mass is 368 g/mol. The number of hydrogen-bond donors (Lipinski definition) is 1. The summed E-state index contributed by atoms with van der Waals surface area (Å²) < 4.78 is 15.7. The molecule has 0 radical (unpaired) electrons. The average molecular weight is 369 g/mol. The van der Waals surface area contributed by atoms with Crippen LogP contribution in [0.3, 0.4) is 0 Å². The maximum absolute atomic E-state index is 12.4. The molecule has 0 saturated heterocycles. The largest absolute Gasteiger partial charge is 0.493 e. The van der Waals surface area contributed by atoms with Crippen LogP contribution in [0, 0.1) is 0 Å². The van der Waals surface area contributed by atoms with Crippen molar-refractivity contribution in [3.63, 3.8) is 0 Å². The Bertz CT molecular complexity index is 732. The van der Waals surface area contributed by atoms with Gasteiger partial charge in [0.15, 0.2) is 11.5 Å². The summed E-state index contributed by atoms with van der Waals surface area (Å²) in [5.74, 6) is 0.248. The van der Waals surface area contributed by atoms with Crippen molar-refractivity contribution < 1.29 is 23.8 Å². The van der Waals surface area contributed by atoms with Crippen LogP contribution < -0.4 is 14.8 Å². The number of halogens is 1. The quantitative estimate of drug-likeness (QED) is 0.808. The van der Waals surface area contributed by atoms with E-state index in [4.69, 9.17) is 25.8 Å². The minimum absolute atomic E-state index is 0.312. The second kappa shape index (κ2) is 7.65. The van der Waals surface area contributed by atoms with Crippen LogP contribution in [0.2, 0.25) is 5.02 Å². The molecule has 0 spiro atoms. The Labute approximate surface area is 151 Å². The topological polar surface area (TPSA) is 77.1 Å². The number of allylic oxidation sites excluding steroid dienone is 1. The van der Waals surface area contributed by atoms with Crippen LogP contribution in [0.4, 0.5) is 4.79 Å². The van der Waals surface area contributed by atoms with Crippen LogP contribution in [0.15, 0.2) is 23.4 Å². The highest BCUT2D eigenvalue weighted by Crippen LogP contribution is 2.42. The number of nitrogens with zero attached hydrogens (tertiary/aromatic N) is 1. The molecule has 0 saturated carbocycles. The van der Waals surface area contributed by atoms with Crippen molar-refractivity contribution in [3.8, 4) is 11.5 Å². The molecule has 1 aromatic rings. The maximum atomic E-state index is 12.4. The first-order valence-electron chi connectivity index (χ1n) is 7.68. The first-order chi connectivity index (χ1) is 11.9. The third-order valence-corrected chi connectivity index (χ3v) is 4.32. The fourth-order valence-corrected chi connectivity index (χ4v) is 3.16. The zero-order valence-corrected chi connectivity index (χ0v) is 15.6. The number of hydrogen-bond acceptors (Lipinski definition) is 5. The predicted molar refractivity (Wildman–Crippen MR) is 92.9 cm³/mol. The summed E-state index contributed by atoms with van der Waals surface area (Å²) in [6, 6.07) is 2.14. The number of esters is 1. The SMILES string of the molecule is CCN1C(=O)NC(c2cc(Cl)cc(OC)c2OC)C(C(=O)OC)=C1C. The van der Waals surface area contributed by atoms with Gasteiger partial charge in [-0.2, -0.15) is 0 Å². The molecule has 25 heavy (non-hydrogen) atoms. The summed E-state index contributed by atoms with van der Waals surface area (Å²) in [7, 11) is 4.26. The number of urea groups is 1. The van der Waals surface area contributed by atoms with E-state index >= 15 is 0 Å². The minimum atomic E-state index is -0.773. The van der Waals surface area contributed by atoms with Crippen LogP contribution >= 0.6 is 11.6 Å². The normalized spacial score (nSPS) is 17.3. The molecule has 1 aliphatic heterocycles. The molecule has 1 unspecified atom stereocenters. The molecular formula is C17H21ClN2O5. The van der Waals surface area contributed by atoms with Gasteiger partial charge < -0.3 is 19.5 Å². The second-order valence-electron chi connectivity index (χ2n) is 5.35. The summed E-state index contributed by atoms with van der Waals surface area (Å²) in [6.45, 7) is 3.94. The average Bonchev–Trinajstić information content (AvgIpc) is 2.60. The third-order valence-electron chi connectivity index (χ3n) is 4.10. The van der Waals surface area contributed by atoms with Crippen LogP contribution in [-0.2, 0) is 9.53 Å². The van der Waals surface area contributed by atoms with Gasteiger partial charge >= 0.3 is 12.0 Å². The number of carbonyl (C=O) groups excluding carboxylic acids is 2. The smallest absolute Gasteiger partial charge is 0.337 e. The van der Waals surface area contributed by atoms with Gasteiger partial charge in [-0.15, -0.1) is 0 Å². The lowest BCUT2D eigenvalue weighted by atomic mass is 9.93. The molecule has 1 heterocycles. The minimum Gasteiger partial charge on any atom is -0.493 e. The molecule has 1 N–H and O–H groups in total. The molecule has 136 valence electrons. The molecule has 1 atom stereocenters. The molecule has 8 heteroatoms. The Kier molecular flexibility index (Phi) is 5.79. The molecule has 1 aliphatic rings. The number of benzene rings is 1. The summed E-state index contributed by atoms with van der Waals surface area (Å²) in [5, 5.41) is 3.21. The van der Waals surface area contributed by atoms with Crippen molar-refractivity contribution in [2.75, 3.05) is 27.9 Å². The Morgan fingerprint density at radius 3 is 2.48 bits per heavy atom. The number of carbonyl (C=O) groups is 2. The van der Waals surface area contributed by atoms with Gasteiger partial charge in [0.2, 0.25) is 0 Å². The number of nitrogens with one attached hydrogen (secondary N) is 1. The van der Waals surface area contributed by atoms with Gasteiger partial charge in [0.1, 0.15) is 0 Å². The van der Waals surface area contributed by atoms with Gasteiger partial charge in [0.25, 0.3) is 0 Å². The van der Waals surface area contributed by atoms with Crippen LogP contribution in [0.5, 0.6) is 11.5 Å². The molecule has 2 rings (SSSR count). The Hall–Kier alpha value is -2.41. The molecule has 0 aliphatic carbocycles. The molecule has 0 fully saturated rings. The number of amides is 2. The molecule has 1 aromatic carbocycles. The Morgan fingerprint density at radius 1 is 1.28 bits per heavy atom. The lowest BCUT2D eigenvalue weighted by Crippen LogP contribution is -2.47. The van der Waals surface area contributed by atoms with E-state index in [1.165, 1.54) is 26.2 Å². The van der Waals surface area contributed by atoms with Gasteiger partial charge in [-0.25, -0.2) is 9.59 Å². The fraction of sp³-hybridized carbons (Fsp3) is 0.412. The van der Waals surface area contributed by atoms with E-state index in [0.717, 1.165) is 0 Å². The lowest BCUT2D eigenvalue weighted by Gasteiger charge is -2.35. The number of methoxy groups -OCH3 is 3. The summed E-state index contributed by atoms with van der Waals surface area (Å²) in [6.07, 6.45) is 0. The highest BCUT2D eigenvalue weighted by atomic mass is 35.5. The van der Waals surface area contributed by atoms with Crippen molar-refractivity contribution in [3.05, 3.63) is 34.0 Å². The van der Waals surface area contributed by atoms with Gasteiger partial charge in [-0.3, -0.25) is 4.90 Å². The highest BCUT2D eigenvalue weighted by Gasteiger charge is 2.37. The van der Waals surface area contributed by atoms with Crippen LogP contribution in [0.1, 0.15) is 25.5 Å². The van der Waals surface area contributed by atoms with Crippen molar-refractivity contribution >= 4 is 23.6 Å². The Morgan fingerprint density at radius 2 is 1.96 bits per heavy atom. The maximum Gasteiger partial charge on any atom is 0.337 e. The van der Waals surface area contributed by atoms with E-state index in [0.29, 0.717) is 39.9 Å². The molecule has 0 aromatic heterocycles.